The lowest BCUT2D eigenvalue weighted by atomic mass is 10.0. The van der Waals surface area contributed by atoms with Crippen LogP contribution in [0.3, 0.4) is 0 Å². The summed E-state index contributed by atoms with van der Waals surface area (Å²) in [7, 11) is 0. The summed E-state index contributed by atoms with van der Waals surface area (Å²) in [5.41, 5.74) is 0. The fraction of sp³-hybridized carbons (Fsp3) is 0.769. The molecule has 0 aromatic rings. The van der Waals surface area contributed by atoms with Crippen molar-refractivity contribution in [2.24, 2.45) is 0 Å². The van der Waals surface area contributed by atoms with Gasteiger partial charge in [-0.25, -0.2) is 0 Å². The van der Waals surface area contributed by atoms with Crippen molar-refractivity contribution in [2.75, 3.05) is 26.2 Å². The van der Waals surface area contributed by atoms with Crippen molar-refractivity contribution in [2.45, 2.75) is 39.2 Å². The third-order valence-corrected chi connectivity index (χ3v) is 3.04. The number of piperidine rings is 1. The highest BCUT2D eigenvalue weighted by Gasteiger charge is 2.22. The van der Waals surface area contributed by atoms with E-state index in [2.05, 4.69) is 5.32 Å². The number of esters is 1. The van der Waals surface area contributed by atoms with Crippen molar-refractivity contribution >= 4 is 17.7 Å². The second-order valence-electron chi connectivity index (χ2n) is 4.77. The Morgan fingerprint density at radius 2 is 1.89 bits per heavy atom. The highest BCUT2D eigenvalue weighted by Crippen LogP contribution is 2.10. The first kappa shape index (κ1) is 15.6. The average Bonchev–Trinajstić information content (AvgIpc) is 2.31. The van der Waals surface area contributed by atoms with Crippen molar-refractivity contribution < 1.29 is 19.1 Å². The van der Waals surface area contributed by atoms with Gasteiger partial charge in [0, 0.05) is 26.1 Å². The van der Waals surface area contributed by atoms with Crippen LogP contribution in [0.2, 0.25) is 0 Å². The van der Waals surface area contributed by atoms with Crippen LogP contribution < -0.4 is 5.32 Å². The summed E-state index contributed by atoms with van der Waals surface area (Å²) >= 11 is 0. The molecule has 6 nitrogen and oxygen atoms in total. The smallest absolute Gasteiger partial charge is 0.313 e. The lowest BCUT2D eigenvalue weighted by Gasteiger charge is -2.31. The van der Waals surface area contributed by atoms with E-state index in [0.717, 1.165) is 25.9 Å². The van der Waals surface area contributed by atoms with Gasteiger partial charge in [0.25, 0.3) is 0 Å². The Labute approximate surface area is 113 Å². The van der Waals surface area contributed by atoms with E-state index in [4.69, 9.17) is 4.74 Å². The summed E-state index contributed by atoms with van der Waals surface area (Å²) in [4.78, 5) is 35.7. The van der Waals surface area contributed by atoms with Gasteiger partial charge in [-0.2, -0.15) is 0 Å². The van der Waals surface area contributed by atoms with Crippen LogP contribution in [0.4, 0.5) is 0 Å². The quantitative estimate of drug-likeness (QED) is 0.547. The number of Topliss-reactive ketones (excluding diaryl/α,β-unsaturated/α-hetero) is 1. The summed E-state index contributed by atoms with van der Waals surface area (Å²) in [5, 5.41) is 2.88. The van der Waals surface area contributed by atoms with Crippen molar-refractivity contribution in [1.82, 2.24) is 10.2 Å². The zero-order valence-corrected chi connectivity index (χ0v) is 11.6. The number of ketones is 1. The normalized spacial score (nSPS) is 16.9. The molecule has 0 bridgehead atoms. The number of nitrogens with one attached hydrogen (secondary N) is 1. The minimum Gasteiger partial charge on any atom is -0.466 e. The van der Waals surface area contributed by atoms with Crippen LogP contribution >= 0.6 is 0 Å². The Morgan fingerprint density at radius 3 is 2.42 bits per heavy atom. The van der Waals surface area contributed by atoms with E-state index >= 15 is 0 Å². The van der Waals surface area contributed by atoms with Gasteiger partial charge < -0.3 is 10.1 Å². The molecule has 1 fully saturated rings. The fourth-order valence-corrected chi connectivity index (χ4v) is 2.20. The van der Waals surface area contributed by atoms with Gasteiger partial charge in [-0.05, 0) is 19.8 Å². The maximum absolute atomic E-state index is 11.6. The summed E-state index contributed by atoms with van der Waals surface area (Å²) in [6.45, 7) is 5.34. The number of likely N-dealkylation sites (tertiary alicyclic amines) is 1. The Balaban J connectivity index is 2.23. The molecule has 0 aromatic heterocycles. The molecule has 19 heavy (non-hydrogen) atoms. The highest BCUT2D eigenvalue weighted by atomic mass is 16.5. The van der Waals surface area contributed by atoms with E-state index in [-0.39, 0.29) is 30.7 Å². The monoisotopic (exact) mass is 270 g/mol. The highest BCUT2D eigenvalue weighted by molar-refractivity contribution is 5.96. The van der Waals surface area contributed by atoms with Crippen LogP contribution in [-0.2, 0) is 19.1 Å². The van der Waals surface area contributed by atoms with E-state index in [1.54, 1.807) is 6.92 Å². The first-order valence-corrected chi connectivity index (χ1v) is 6.68. The van der Waals surface area contributed by atoms with E-state index in [9.17, 15) is 14.4 Å². The van der Waals surface area contributed by atoms with E-state index in [0.29, 0.717) is 6.61 Å². The zero-order valence-electron chi connectivity index (χ0n) is 11.6. The van der Waals surface area contributed by atoms with Gasteiger partial charge in [-0.1, -0.05) is 0 Å². The second kappa shape index (κ2) is 7.89. The molecular weight excluding hydrogens is 248 g/mol. The molecule has 0 unspecified atom stereocenters. The minimum absolute atomic E-state index is 0.0168. The number of carbonyl (C=O) groups excluding carboxylic acids is 3. The summed E-state index contributed by atoms with van der Waals surface area (Å²) in [6.07, 6.45) is 1.53. The molecule has 1 aliphatic heterocycles. The van der Waals surface area contributed by atoms with Gasteiger partial charge in [0.05, 0.1) is 13.2 Å². The summed E-state index contributed by atoms with van der Waals surface area (Å²) < 4.78 is 4.74. The average molecular weight is 270 g/mol. The molecule has 108 valence electrons. The number of nitrogens with zero attached hydrogens (tertiary/aromatic N) is 1. The van der Waals surface area contributed by atoms with Crippen LogP contribution in [0.5, 0.6) is 0 Å². The third-order valence-electron chi connectivity index (χ3n) is 3.04. The number of hydrogen-bond donors (Lipinski definition) is 1. The predicted octanol–water partition coefficient (Wildman–Crippen LogP) is 0.109. The van der Waals surface area contributed by atoms with Crippen LogP contribution in [0.15, 0.2) is 0 Å². The van der Waals surface area contributed by atoms with Gasteiger partial charge in [-0.3, -0.25) is 19.3 Å². The molecule has 0 atom stereocenters. The molecule has 0 spiro atoms. The number of rotatable bonds is 6. The molecule has 0 saturated carbocycles. The van der Waals surface area contributed by atoms with E-state index in [1.165, 1.54) is 6.92 Å². The van der Waals surface area contributed by atoms with Gasteiger partial charge >= 0.3 is 5.97 Å². The molecule has 1 aliphatic rings. The Morgan fingerprint density at radius 1 is 1.26 bits per heavy atom. The largest absolute Gasteiger partial charge is 0.466 e. The van der Waals surface area contributed by atoms with E-state index in [1.807, 2.05) is 4.90 Å². The van der Waals surface area contributed by atoms with Crippen molar-refractivity contribution in [3.8, 4) is 0 Å². The maximum Gasteiger partial charge on any atom is 0.313 e. The van der Waals surface area contributed by atoms with Gasteiger partial charge in [0.1, 0.15) is 6.42 Å². The Kier molecular flexibility index (Phi) is 6.49. The molecule has 0 aliphatic carbocycles. The fourth-order valence-electron chi connectivity index (χ4n) is 2.20. The standard InChI is InChI=1S/C13H22N2O4/c1-3-19-13(18)8-12(17)9-15-6-4-11(5-7-15)14-10(2)16/h11H,3-9H2,1-2H3,(H,14,16). The first-order valence-electron chi connectivity index (χ1n) is 6.68. The third kappa shape index (κ3) is 6.33. The van der Waals surface area contributed by atoms with Gasteiger partial charge in [0.2, 0.25) is 5.91 Å². The molecule has 1 rings (SSSR count). The van der Waals surface area contributed by atoms with Crippen LogP contribution in [-0.4, -0.2) is 54.8 Å². The number of hydrogen-bond acceptors (Lipinski definition) is 5. The lowest BCUT2D eigenvalue weighted by molar-refractivity contribution is -0.145. The SMILES string of the molecule is CCOC(=O)CC(=O)CN1CCC(NC(C)=O)CC1. The van der Waals surface area contributed by atoms with Crippen LogP contribution in [0.25, 0.3) is 0 Å². The lowest BCUT2D eigenvalue weighted by Crippen LogP contribution is -2.45. The first-order chi connectivity index (χ1) is 9.01. The molecule has 1 heterocycles. The molecule has 0 aromatic carbocycles. The Bertz CT molecular complexity index is 336. The molecule has 6 heteroatoms. The number of ether oxygens (including phenoxy) is 1. The molecule has 0 radical (unpaired) electrons. The van der Waals surface area contributed by atoms with Crippen molar-refractivity contribution in [3.63, 3.8) is 0 Å². The number of amides is 1. The van der Waals surface area contributed by atoms with E-state index < -0.39 is 5.97 Å². The molecule has 1 saturated heterocycles. The van der Waals surface area contributed by atoms with Crippen molar-refractivity contribution in [1.29, 1.82) is 0 Å². The second-order valence-corrected chi connectivity index (χ2v) is 4.77. The maximum atomic E-state index is 11.6. The molecule has 1 N–H and O–H groups in total. The van der Waals surface area contributed by atoms with Crippen LogP contribution in [0.1, 0.15) is 33.1 Å². The topological polar surface area (TPSA) is 75.7 Å². The summed E-state index contributed by atoms with van der Waals surface area (Å²) in [5.74, 6) is -0.589. The molecule has 1 amide bonds. The predicted molar refractivity (Wildman–Crippen MR) is 69.5 cm³/mol. The Hall–Kier alpha value is -1.43. The minimum atomic E-state index is -0.458. The summed E-state index contributed by atoms with van der Waals surface area (Å²) in [6, 6.07) is 0.203. The number of carbonyl (C=O) groups is 3. The van der Waals surface area contributed by atoms with Gasteiger partial charge in [-0.15, -0.1) is 0 Å². The van der Waals surface area contributed by atoms with Crippen LogP contribution in [0, 0.1) is 0 Å². The molecular formula is C13H22N2O4. The zero-order chi connectivity index (χ0) is 14.3. The van der Waals surface area contributed by atoms with Crippen molar-refractivity contribution in [3.05, 3.63) is 0 Å². The van der Waals surface area contributed by atoms with Gasteiger partial charge in [0.15, 0.2) is 5.78 Å².